The summed E-state index contributed by atoms with van der Waals surface area (Å²) in [6.45, 7) is 0. The lowest BCUT2D eigenvalue weighted by Crippen LogP contribution is -2.20. The van der Waals surface area contributed by atoms with Gasteiger partial charge in [-0.25, -0.2) is 9.97 Å². The summed E-state index contributed by atoms with van der Waals surface area (Å²) in [5.74, 6) is 0. The summed E-state index contributed by atoms with van der Waals surface area (Å²) < 4.78 is 36.0. The van der Waals surface area contributed by atoms with Crippen molar-refractivity contribution in [3.63, 3.8) is 0 Å². The lowest BCUT2D eigenvalue weighted by Gasteiger charge is -2.06. The predicted octanol–water partition coefficient (Wildman–Crippen LogP) is 1.25. The predicted molar refractivity (Wildman–Crippen MR) is 47.2 cm³/mol. The highest BCUT2D eigenvalue weighted by Gasteiger charge is 2.31. The van der Waals surface area contributed by atoms with Crippen LogP contribution in [0.1, 0.15) is 5.69 Å². The van der Waals surface area contributed by atoms with Crippen LogP contribution < -0.4 is 5.73 Å². The van der Waals surface area contributed by atoms with E-state index in [1.165, 1.54) is 12.3 Å². The second kappa shape index (κ2) is 4.07. The molecule has 1 rings (SSSR count). The molecule has 3 N–H and O–H groups in total. The molecule has 0 radical (unpaired) electrons. The molecule has 0 bridgehead atoms. The summed E-state index contributed by atoms with van der Waals surface area (Å²) in [5, 5.41) is 7.29. The van der Waals surface area contributed by atoms with E-state index < -0.39 is 17.6 Å². The number of nitrogens with one attached hydrogen (secondary N) is 1. The third-order valence-electron chi connectivity index (χ3n) is 1.49. The van der Waals surface area contributed by atoms with Gasteiger partial charge in [-0.05, 0) is 12.1 Å². The quantitative estimate of drug-likeness (QED) is 0.730. The smallest absolute Gasteiger partial charge is 0.395 e. The Morgan fingerprint density at radius 1 is 1.47 bits per heavy atom. The molecule has 0 spiro atoms. The minimum atomic E-state index is -4.63. The van der Waals surface area contributed by atoms with Crippen LogP contribution in [-0.2, 0) is 0 Å². The van der Waals surface area contributed by atoms with Gasteiger partial charge < -0.3 is 5.73 Å². The van der Waals surface area contributed by atoms with E-state index in [9.17, 15) is 13.2 Å². The Balaban J connectivity index is 2.90. The fraction of sp³-hybridized carbons (Fsp3) is 0.125. The van der Waals surface area contributed by atoms with Gasteiger partial charge in [-0.3, -0.25) is 5.41 Å². The molecule has 0 aliphatic rings. The Labute approximate surface area is 83.2 Å². The average molecular weight is 216 g/mol. The first kappa shape index (κ1) is 11.2. The summed E-state index contributed by atoms with van der Waals surface area (Å²) in [7, 11) is 0. The highest BCUT2D eigenvalue weighted by atomic mass is 19.4. The average Bonchev–Trinajstić information content (AvgIpc) is 2.17. The molecule has 0 aliphatic heterocycles. The Morgan fingerprint density at radius 2 is 2.13 bits per heavy atom. The van der Waals surface area contributed by atoms with Crippen molar-refractivity contribution in [3.05, 3.63) is 36.1 Å². The summed E-state index contributed by atoms with van der Waals surface area (Å²) >= 11 is 0. The van der Waals surface area contributed by atoms with Crippen LogP contribution in [0.25, 0.3) is 0 Å². The Morgan fingerprint density at radius 3 is 2.60 bits per heavy atom. The lowest BCUT2D eigenvalue weighted by molar-refractivity contribution is -0.0925. The van der Waals surface area contributed by atoms with Gasteiger partial charge in [0.15, 0.2) is 0 Å². The van der Waals surface area contributed by atoms with E-state index in [1.54, 1.807) is 0 Å². The van der Waals surface area contributed by atoms with Gasteiger partial charge in [0, 0.05) is 6.20 Å². The van der Waals surface area contributed by atoms with Gasteiger partial charge in [0.05, 0.1) is 11.4 Å². The van der Waals surface area contributed by atoms with Crippen LogP contribution in [0.2, 0.25) is 0 Å². The van der Waals surface area contributed by atoms with E-state index in [-0.39, 0.29) is 5.69 Å². The van der Waals surface area contributed by atoms with Crippen LogP contribution in [0, 0.1) is 5.41 Å². The molecule has 15 heavy (non-hydrogen) atoms. The van der Waals surface area contributed by atoms with Crippen molar-refractivity contribution in [2.24, 2.45) is 5.73 Å². The maximum absolute atomic E-state index is 12.0. The van der Waals surface area contributed by atoms with Crippen molar-refractivity contribution in [1.82, 2.24) is 9.97 Å². The first-order valence-corrected chi connectivity index (χ1v) is 3.80. The zero-order valence-corrected chi connectivity index (χ0v) is 7.42. The highest BCUT2D eigenvalue weighted by Crippen LogP contribution is 2.21. The van der Waals surface area contributed by atoms with Crippen LogP contribution in [0.5, 0.6) is 0 Å². The molecule has 1 heterocycles. The molecule has 1 aromatic heterocycles. The van der Waals surface area contributed by atoms with E-state index in [0.717, 1.165) is 6.33 Å². The van der Waals surface area contributed by atoms with Gasteiger partial charge in [0.1, 0.15) is 12.0 Å². The fourth-order valence-electron chi connectivity index (χ4n) is 0.761. The van der Waals surface area contributed by atoms with Gasteiger partial charge in [0.25, 0.3) is 0 Å². The summed E-state index contributed by atoms with van der Waals surface area (Å²) in [6, 6.07) is 1.32. The molecule has 0 atom stereocenters. The van der Waals surface area contributed by atoms with Crippen molar-refractivity contribution in [3.8, 4) is 0 Å². The van der Waals surface area contributed by atoms with Crippen LogP contribution >= 0.6 is 0 Å². The molecular weight excluding hydrogens is 209 g/mol. The van der Waals surface area contributed by atoms with Crippen molar-refractivity contribution >= 4 is 5.71 Å². The van der Waals surface area contributed by atoms with Gasteiger partial charge in [0.2, 0.25) is 0 Å². The fourth-order valence-corrected chi connectivity index (χ4v) is 0.761. The molecule has 0 amide bonds. The molecule has 0 saturated carbocycles. The van der Waals surface area contributed by atoms with Crippen molar-refractivity contribution in [2.45, 2.75) is 6.18 Å². The summed E-state index contributed by atoms with van der Waals surface area (Å²) in [6.07, 6.45) is -1.64. The zero-order chi connectivity index (χ0) is 11.5. The molecule has 1 aromatic rings. The van der Waals surface area contributed by atoms with Crippen LogP contribution in [0.3, 0.4) is 0 Å². The number of alkyl halides is 3. The molecule has 0 aliphatic carbocycles. The number of rotatable bonds is 2. The number of aromatic nitrogens is 2. The van der Waals surface area contributed by atoms with Crippen molar-refractivity contribution < 1.29 is 13.2 Å². The first-order valence-electron chi connectivity index (χ1n) is 3.80. The third-order valence-corrected chi connectivity index (χ3v) is 1.49. The topological polar surface area (TPSA) is 75.7 Å². The molecule has 7 heteroatoms. The van der Waals surface area contributed by atoms with Crippen molar-refractivity contribution in [1.29, 1.82) is 5.41 Å². The second-order valence-electron chi connectivity index (χ2n) is 2.61. The molecule has 0 saturated heterocycles. The van der Waals surface area contributed by atoms with E-state index >= 15 is 0 Å². The number of nitrogens with two attached hydrogens (primary N) is 1. The number of hydrogen-bond donors (Lipinski definition) is 2. The Bertz CT molecular complexity index is 383. The van der Waals surface area contributed by atoms with E-state index in [1.807, 2.05) is 0 Å². The minimum Gasteiger partial charge on any atom is -0.395 e. The van der Waals surface area contributed by atoms with E-state index in [4.69, 9.17) is 11.1 Å². The number of allylic oxidation sites excluding steroid dienone is 2. The molecule has 0 fully saturated rings. The molecule has 0 unspecified atom stereocenters. The monoisotopic (exact) mass is 216 g/mol. The second-order valence-corrected chi connectivity index (χ2v) is 2.61. The molecule has 80 valence electrons. The van der Waals surface area contributed by atoms with E-state index in [0.29, 0.717) is 6.08 Å². The molecule has 0 aromatic carbocycles. The van der Waals surface area contributed by atoms with E-state index in [2.05, 4.69) is 9.97 Å². The normalized spacial score (nSPS) is 12.6. The standard InChI is InChI=1S/C8H7F3N4/c9-8(10,11)7(13)3-5(12)6-1-2-14-4-15-6/h1-4,12H,13H2. The highest BCUT2D eigenvalue weighted by molar-refractivity contribution is 6.05. The lowest BCUT2D eigenvalue weighted by atomic mass is 10.2. The van der Waals surface area contributed by atoms with Crippen LogP contribution in [0.15, 0.2) is 30.4 Å². The van der Waals surface area contributed by atoms with Gasteiger partial charge in [-0.2, -0.15) is 13.2 Å². The summed E-state index contributed by atoms with van der Waals surface area (Å²) in [5.41, 5.74) is 3.08. The summed E-state index contributed by atoms with van der Waals surface area (Å²) in [4.78, 5) is 7.18. The minimum absolute atomic E-state index is 0.0807. The molecular formula is C8H7F3N4. The SMILES string of the molecule is N=C(C=C(N)C(F)(F)F)c1ccncn1. The Hall–Kier alpha value is -1.92. The Kier molecular flexibility index (Phi) is 3.03. The number of hydrogen-bond acceptors (Lipinski definition) is 4. The maximum Gasteiger partial charge on any atom is 0.430 e. The number of halogens is 3. The van der Waals surface area contributed by atoms with Gasteiger partial charge in [-0.1, -0.05) is 0 Å². The van der Waals surface area contributed by atoms with Crippen LogP contribution in [-0.4, -0.2) is 21.9 Å². The number of nitrogens with zero attached hydrogens (tertiary/aromatic N) is 2. The first-order chi connectivity index (χ1) is 6.91. The third kappa shape index (κ3) is 3.04. The maximum atomic E-state index is 12.0. The zero-order valence-electron chi connectivity index (χ0n) is 7.42. The van der Waals surface area contributed by atoms with Gasteiger partial charge >= 0.3 is 6.18 Å². The van der Waals surface area contributed by atoms with Crippen LogP contribution in [0.4, 0.5) is 13.2 Å². The van der Waals surface area contributed by atoms with Crippen molar-refractivity contribution in [2.75, 3.05) is 0 Å². The molecule has 4 nitrogen and oxygen atoms in total. The largest absolute Gasteiger partial charge is 0.430 e. The van der Waals surface area contributed by atoms with Gasteiger partial charge in [-0.15, -0.1) is 0 Å².